The summed E-state index contributed by atoms with van der Waals surface area (Å²) in [4.78, 5) is 48.8. The van der Waals surface area contributed by atoms with Gasteiger partial charge >= 0.3 is 11.9 Å². The van der Waals surface area contributed by atoms with Gasteiger partial charge in [0.2, 0.25) is 5.91 Å². The van der Waals surface area contributed by atoms with Crippen LogP contribution in [-0.2, 0) is 19.2 Å². The van der Waals surface area contributed by atoms with Gasteiger partial charge in [0.25, 0.3) is 0 Å². The molecule has 2 atom stereocenters. The molecule has 0 bridgehead atoms. The molecule has 0 aliphatic rings. The Kier molecular flexibility index (Phi) is 9.47. The second-order valence-corrected chi connectivity index (χ2v) is 11.8. The molecule has 0 aromatic carbocycles. The smallest absolute Gasteiger partial charge is 0.326 e. The van der Waals surface area contributed by atoms with Gasteiger partial charge < -0.3 is 20.8 Å². The van der Waals surface area contributed by atoms with Crippen LogP contribution >= 0.6 is 0 Å². The summed E-state index contributed by atoms with van der Waals surface area (Å²) in [5.74, 6) is -2.77. The zero-order chi connectivity index (χ0) is 25.0. The van der Waals surface area contributed by atoms with Crippen molar-refractivity contribution in [3.8, 4) is 0 Å². The lowest BCUT2D eigenvalue weighted by atomic mass is 9.71. The molecule has 0 fully saturated rings. The molecule has 0 saturated carbocycles. The van der Waals surface area contributed by atoms with E-state index in [0.717, 1.165) is 0 Å². The van der Waals surface area contributed by atoms with E-state index in [-0.39, 0.29) is 30.6 Å². The minimum atomic E-state index is -1.26. The molecule has 8 heteroatoms. The number of carbonyl (C=O) groups excluding carboxylic acids is 2. The molecule has 0 aromatic heterocycles. The van der Waals surface area contributed by atoms with Crippen LogP contribution in [0.15, 0.2) is 0 Å². The van der Waals surface area contributed by atoms with Gasteiger partial charge in [0.05, 0.1) is 11.5 Å². The van der Waals surface area contributed by atoms with Crippen molar-refractivity contribution in [1.82, 2.24) is 10.6 Å². The lowest BCUT2D eigenvalue weighted by molar-refractivity contribution is -0.152. The van der Waals surface area contributed by atoms with Crippen molar-refractivity contribution in [3.05, 3.63) is 0 Å². The number of hydrogen-bond acceptors (Lipinski definition) is 5. The first-order chi connectivity index (χ1) is 13.6. The van der Waals surface area contributed by atoms with Gasteiger partial charge in [0.15, 0.2) is 5.78 Å². The van der Waals surface area contributed by atoms with E-state index in [0.29, 0.717) is 0 Å². The summed E-state index contributed by atoms with van der Waals surface area (Å²) in [5, 5.41) is 24.9. The van der Waals surface area contributed by atoms with Crippen LogP contribution in [0.3, 0.4) is 0 Å². The van der Waals surface area contributed by atoms with Gasteiger partial charge in [-0.2, -0.15) is 0 Å². The molecule has 1 amide bonds. The molecule has 0 saturated heterocycles. The Labute approximate surface area is 186 Å². The molecular weight excluding hydrogens is 400 g/mol. The average molecular weight is 443 g/mol. The second kappa shape index (κ2) is 10.1. The summed E-state index contributed by atoms with van der Waals surface area (Å²) >= 11 is 0. The molecular formula is C23H42N2O6. The largest absolute Gasteiger partial charge is 0.481 e. The molecule has 0 aliphatic carbocycles. The number of hydrogen-bond donors (Lipinski definition) is 4. The van der Waals surface area contributed by atoms with Gasteiger partial charge in [-0.05, 0) is 52.9 Å². The average Bonchev–Trinajstić information content (AvgIpc) is 2.52. The Morgan fingerprint density at radius 2 is 1.32 bits per heavy atom. The standard InChI is InChI=1S/C23H42N2O6/c1-20(2,3)17(27)14(25-21(4,5)6)11-12-15(26)24-16(18(28)29)22(7,8)13-23(9,10)19(30)31/h14,16,25H,11-13H2,1-10H3,(H,24,26)(H,28,29)(H,30,31). The molecule has 8 nitrogen and oxygen atoms in total. The third-order valence-corrected chi connectivity index (χ3v) is 5.13. The summed E-state index contributed by atoms with van der Waals surface area (Å²) < 4.78 is 0. The lowest BCUT2D eigenvalue weighted by Crippen LogP contribution is -2.53. The number of Topliss-reactive ketones (excluding diaryl/α,β-unsaturated/α-hetero) is 1. The minimum Gasteiger partial charge on any atom is -0.481 e. The maximum absolute atomic E-state index is 12.8. The quantitative estimate of drug-likeness (QED) is 0.386. The van der Waals surface area contributed by atoms with E-state index in [1.54, 1.807) is 13.8 Å². The Balaban J connectivity index is 5.40. The summed E-state index contributed by atoms with van der Waals surface area (Å²) in [5.41, 5.74) is -3.08. The van der Waals surface area contributed by atoms with Crippen LogP contribution in [0.2, 0.25) is 0 Å². The summed E-state index contributed by atoms with van der Waals surface area (Å²) in [6, 6.07) is -1.81. The number of carboxylic acids is 2. The van der Waals surface area contributed by atoms with Crippen LogP contribution in [0.25, 0.3) is 0 Å². The zero-order valence-electron chi connectivity index (χ0n) is 20.8. The van der Waals surface area contributed by atoms with E-state index in [2.05, 4.69) is 10.6 Å². The maximum atomic E-state index is 12.8. The molecule has 0 aliphatic heterocycles. The van der Waals surface area contributed by atoms with E-state index in [1.165, 1.54) is 13.8 Å². The Bertz CT molecular complexity index is 683. The predicted octanol–water partition coefficient (Wildman–Crippen LogP) is 3.24. The highest BCUT2D eigenvalue weighted by Gasteiger charge is 2.43. The highest BCUT2D eigenvalue weighted by molar-refractivity contribution is 5.90. The van der Waals surface area contributed by atoms with Gasteiger partial charge in [0, 0.05) is 17.4 Å². The summed E-state index contributed by atoms with van der Waals surface area (Å²) in [6.45, 7) is 17.6. The van der Waals surface area contributed by atoms with Crippen molar-refractivity contribution in [2.45, 2.75) is 106 Å². The van der Waals surface area contributed by atoms with Crippen LogP contribution in [0, 0.1) is 16.2 Å². The summed E-state index contributed by atoms with van der Waals surface area (Å²) in [7, 11) is 0. The Morgan fingerprint density at radius 3 is 1.68 bits per heavy atom. The van der Waals surface area contributed by atoms with Crippen molar-refractivity contribution in [3.63, 3.8) is 0 Å². The van der Waals surface area contributed by atoms with Crippen molar-refractivity contribution in [2.75, 3.05) is 0 Å². The van der Waals surface area contributed by atoms with E-state index in [4.69, 9.17) is 0 Å². The van der Waals surface area contributed by atoms with Crippen LogP contribution in [0.1, 0.15) is 88.5 Å². The molecule has 0 radical (unpaired) electrons. The molecule has 0 spiro atoms. The van der Waals surface area contributed by atoms with Gasteiger partial charge in [-0.25, -0.2) is 4.79 Å². The first-order valence-electron chi connectivity index (χ1n) is 10.7. The van der Waals surface area contributed by atoms with E-state index in [9.17, 15) is 29.4 Å². The highest BCUT2D eigenvalue weighted by Crippen LogP contribution is 2.36. The monoisotopic (exact) mass is 442 g/mol. The fourth-order valence-corrected chi connectivity index (χ4v) is 3.73. The lowest BCUT2D eigenvalue weighted by Gasteiger charge is -2.37. The van der Waals surface area contributed by atoms with E-state index >= 15 is 0 Å². The van der Waals surface area contributed by atoms with Crippen LogP contribution in [0.4, 0.5) is 0 Å². The number of carbonyl (C=O) groups is 4. The van der Waals surface area contributed by atoms with Crippen molar-refractivity contribution in [2.24, 2.45) is 16.2 Å². The molecule has 0 rings (SSSR count). The Morgan fingerprint density at radius 1 is 0.839 bits per heavy atom. The van der Waals surface area contributed by atoms with Crippen LogP contribution in [-0.4, -0.2) is 51.5 Å². The fourth-order valence-electron chi connectivity index (χ4n) is 3.73. The number of ketones is 1. The fraction of sp³-hybridized carbons (Fsp3) is 0.826. The first-order valence-corrected chi connectivity index (χ1v) is 10.7. The predicted molar refractivity (Wildman–Crippen MR) is 120 cm³/mol. The highest BCUT2D eigenvalue weighted by atomic mass is 16.4. The van der Waals surface area contributed by atoms with Gasteiger partial charge in [-0.1, -0.05) is 34.6 Å². The first kappa shape index (κ1) is 29.0. The van der Waals surface area contributed by atoms with Gasteiger partial charge in [0.1, 0.15) is 6.04 Å². The van der Waals surface area contributed by atoms with Crippen molar-refractivity contribution in [1.29, 1.82) is 0 Å². The van der Waals surface area contributed by atoms with Crippen molar-refractivity contribution >= 4 is 23.6 Å². The van der Waals surface area contributed by atoms with Gasteiger partial charge in [-0.15, -0.1) is 0 Å². The third-order valence-electron chi connectivity index (χ3n) is 5.13. The van der Waals surface area contributed by atoms with Crippen LogP contribution < -0.4 is 10.6 Å². The second-order valence-electron chi connectivity index (χ2n) is 11.8. The maximum Gasteiger partial charge on any atom is 0.326 e. The summed E-state index contributed by atoms with van der Waals surface area (Å²) in [6.07, 6.45) is 0.258. The number of rotatable bonds is 11. The SMILES string of the molecule is CC(C)(C)NC(CCC(=O)NC(C(=O)O)C(C)(C)CC(C)(C)C(=O)O)C(=O)C(C)(C)C. The molecule has 31 heavy (non-hydrogen) atoms. The molecule has 4 N–H and O–H groups in total. The number of amides is 1. The normalized spacial score (nSPS) is 15.2. The molecule has 2 unspecified atom stereocenters. The van der Waals surface area contributed by atoms with Crippen LogP contribution in [0.5, 0.6) is 0 Å². The number of aliphatic carboxylic acids is 2. The van der Waals surface area contributed by atoms with E-state index in [1.807, 2.05) is 41.5 Å². The molecule has 180 valence electrons. The third kappa shape index (κ3) is 9.80. The molecule has 0 aromatic rings. The molecule has 0 heterocycles. The number of carboxylic acid groups (broad SMARTS) is 2. The Hall–Kier alpha value is -1.96. The van der Waals surface area contributed by atoms with E-state index < -0.39 is 46.2 Å². The number of nitrogens with one attached hydrogen (secondary N) is 2. The van der Waals surface area contributed by atoms with Crippen molar-refractivity contribution < 1.29 is 29.4 Å². The minimum absolute atomic E-state index is 0.0199. The van der Waals surface area contributed by atoms with Gasteiger partial charge in [-0.3, -0.25) is 14.4 Å². The topological polar surface area (TPSA) is 133 Å². The zero-order valence-corrected chi connectivity index (χ0v) is 20.8.